The number of nitrogens with zero attached hydrogens (tertiary/aromatic N) is 5. The Balaban J connectivity index is 1.41. The zero-order valence-corrected chi connectivity index (χ0v) is 33.9. The minimum absolute atomic E-state index is 0.0628. The summed E-state index contributed by atoms with van der Waals surface area (Å²) in [6.45, 7) is 8.20. The lowest BCUT2D eigenvalue weighted by atomic mass is 9.76. The molecule has 0 radical (unpaired) electrons. The number of fused-ring (bicyclic) bond motifs is 9. The van der Waals surface area contributed by atoms with Crippen LogP contribution in [0.2, 0.25) is 0 Å². The van der Waals surface area contributed by atoms with Gasteiger partial charge in [-0.15, -0.1) is 0 Å². The maximum atomic E-state index is 14.6. The molecule has 0 aliphatic carbocycles. The number of amides is 4. The molecule has 15 nitrogen and oxygen atoms in total. The van der Waals surface area contributed by atoms with Crippen molar-refractivity contribution in [1.29, 1.82) is 5.26 Å². The molecule has 2 aromatic carbocycles. The molecule has 0 bridgehead atoms. The van der Waals surface area contributed by atoms with Crippen molar-refractivity contribution in [3.8, 4) is 34.8 Å². The molecule has 8 atom stereocenters. The van der Waals surface area contributed by atoms with E-state index in [0.717, 1.165) is 21.6 Å². The molecule has 2 saturated heterocycles. The number of piperazine rings is 1. The summed E-state index contributed by atoms with van der Waals surface area (Å²) in [5.74, 6) is -2.60. The summed E-state index contributed by atoms with van der Waals surface area (Å²) in [5.41, 5.74) is 3.78. The Morgan fingerprint density at radius 1 is 0.966 bits per heavy atom. The zero-order chi connectivity index (χ0) is 41.9. The van der Waals surface area contributed by atoms with E-state index in [9.17, 15) is 38.7 Å². The second kappa shape index (κ2) is 15.8. The molecule has 3 unspecified atom stereocenters. The second-order valence-electron chi connectivity index (χ2n) is 15.7. The van der Waals surface area contributed by atoms with Crippen molar-refractivity contribution in [2.45, 2.75) is 129 Å². The van der Waals surface area contributed by atoms with Gasteiger partial charge in [-0.2, -0.15) is 5.26 Å². The Labute approximate surface area is 336 Å². The predicted molar refractivity (Wildman–Crippen MR) is 204 cm³/mol. The number of aromatic hydroxyl groups is 1. The number of carbonyl (C=O) groups is 5. The summed E-state index contributed by atoms with van der Waals surface area (Å²) in [5, 5.41) is 23.0. The van der Waals surface area contributed by atoms with Gasteiger partial charge in [-0.25, -0.2) is 4.39 Å². The summed E-state index contributed by atoms with van der Waals surface area (Å²) >= 11 is 0. The molecular formula is C42H50FN5O10. The Kier molecular flexibility index (Phi) is 11.2. The first-order chi connectivity index (χ1) is 27.8. The third-order valence-corrected chi connectivity index (χ3v) is 12.2. The van der Waals surface area contributed by atoms with Gasteiger partial charge in [0.2, 0.25) is 18.6 Å². The van der Waals surface area contributed by atoms with Gasteiger partial charge in [0.15, 0.2) is 29.7 Å². The number of alkyl halides is 1. The molecule has 310 valence electrons. The zero-order valence-electron chi connectivity index (χ0n) is 33.9. The minimum Gasteiger partial charge on any atom is -0.507 e. The lowest BCUT2D eigenvalue weighted by Crippen LogP contribution is -2.61. The SMILES string of the molecule is CCCC(=O)Oc1c(OC)c(C)cc2c1[C@@H]1C3Cc4c(O)c(C)c5c(c4[C@H](CN(C(=O)CCC)C(=O)[C@H](C)N(C(=O)CF)C(=O)CCC)N3[C@@H](C#N)[C@@H]3C2N13)OCO5. The fourth-order valence-electron chi connectivity index (χ4n) is 9.86. The quantitative estimate of drug-likeness (QED) is 0.166. The first kappa shape index (κ1) is 40.9. The molecule has 16 heteroatoms. The Bertz CT molecular complexity index is 2120. The summed E-state index contributed by atoms with van der Waals surface area (Å²) in [6.07, 6.45) is 1.46. The van der Waals surface area contributed by atoms with Crippen molar-refractivity contribution >= 4 is 29.6 Å². The smallest absolute Gasteiger partial charge is 0.311 e. The minimum atomic E-state index is -1.54. The standard InChI is InChI=1S/C42H50FN5O10/c1-8-11-28(49)45(42(54)22(6)46(30(51)16-43)29(50)12-9-2)18-27-32-24(37(53)21(5)39-40(32)57-19-56-39)15-25-35-33-23(34-36(48(34)35)26(17-44)47(25)27)14-20(4)38(55-7)41(33)58-31(52)13-10-3/h14,22,25-27,34-36,53H,8-13,15-16,18-19H2,1-7H3/t22-,25?,26-,27-,34?,35-,36+,48?/m0/s1. The van der Waals surface area contributed by atoms with Crippen LogP contribution in [-0.4, -0.2) is 106 Å². The van der Waals surface area contributed by atoms with Crippen molar-refractivity contribution in [3.63, 3.8) is 0 Å². The van der Waals surface area contributed by atoms with E-state index in [0.29, 0.717) is 63.9 Å². The van der Waals surface area contributed by atoms with E-state index in [1.807, 2.05) is 24.8 Å². The van der Waals surface area contributed by atoms with Crippen LogP contribution in [0.15, 0.2) is 6.07 Å². The number of carbonyl (C=O) groups excluding carboxylic acids is 5. The van der Waals surface area contributed by atoms with Crippen LogP contribution >= 0.6 is 0 Å². The number of halogens is 1. The van der Waals surface area contributed by atoms with Crippen LogP contribution in [0.3, 0.4) is 0 Å². The van der Waals surface area contributed by atoms with Crippen LogP contribution in [-0.2, 0) is 30.4 Å². The van der Waals surface area contributed by atoms with E-state index in [1.165, 1.54) is 14.0 Å². The van der Waals surface area contributed by atoms with Crippen LogP contribution in [0.1, 0.15) is 118 Å². The molecule has 5 aliphatic heterocycles. The number of nitriles is 1. The van der Waals surface area contributed by atoms with Gasteiger partial charge in [-0.1, -0.05) is 26.8 Å². The molecule has 0 saturated carbocycles. The summed E-state index contributed by atoms with van der Waals surface area (Å²) < 4.78 is 37.8. The number of phenolic OH excluding ortho intramolecular Hbond substituents is 1. The molecule has 0 spiro atoms. The average Bonchev–Trinajstić information content (AvgIpc) is 3.53. The van der Waals surface area contributed by atoms with Crippen LogP contribution in [0.4, 0.5) is 4.39 Å². The molecule has 2 fully saturated rings. The highest BCUT2D eigenvalue weighted by molar-refractivity contribution is 6.04. The molecule has 1 N–H and O–H groups in total. The van der Waals surface area contributed by atoms with Crippen molar-refractivity contribution in [3.05, 3.63) is 39.4 Å². The number of hydrogen-bond acceptors (Lipinski definition) is 13. The van der Waals surface area contributed by atoms with Crippen LogP contribution < -0.4 is 18.9 Å². The highest BCUT2D eigenvalue weighted by Crippen LogP contribution is 2.69. The molecule has 4 amide bonds. The Hall–Kier alpha value is -5.27. The van der Waals surface area contributed by atoms with Crippen molar-refractivity contribution < 1.29 is 52.4 Å². The van der Waals surface area contributed by atoms with Gasteiger partial charge in [0.1, 0.15) is 17.8 Å². The van der Waals surface area contributed by atoms with Crippen molar-refractivity contribution in [2.24, 2.45) is 0 Å². The molecule has 0 aromatic heterocycles. The normalized spacial score (nSPS) is 24.6. The lowest BCUT2D eigenvalue weighted by Gasteiger charge is -2.52. The second-order valence-corrected chi connectivity index (χ2v) is 15.7. The van der Waals surface area contributed by atoms with Crippen molar-refractivity contribution in [2.75, 3.05) is 27.1 Å². The van der Waals surface area contributed by atoms with Gasteiger partial charge in [0, 0.05) is 54.1 Å². The Morgan fingerprint density at radius 2 is 1.64 bits per heavy atom. The van der Waals surface area contributed by atoms with Gasteiger partial charge in [0.25, 0.3) is 11.8 Å². The van der Waals surface area contributed by atoms with E-state index in [-0.39, 0.29) is 56.9 Å². The van der Waals surface area contributed by atoms with Gasteiger partial charge in [-0.3, -0.25) is 43.6 Å². The first-order valence-corrected chi connectivity index (χ1v) is 20.1. The van der Waals surface area contributed by atoms with Crippen molar-refractivity contribution in [1.82, 2.24) is 19.6 Å². The van der Waals surface area contributed by atoms with Crippen LogP contribution in [0.5, 0.6) is 28.7 Å². The summed E-state index contributed by atoms with van der Waals surface area (Å²) in [4.78, 5) is 73.7. The van der Waals surface area contributed by atoms with E-state index < -0.39 is 66.5 Å². The molecular weight excluding hydrogens is 753 g/mol. The number of aryl methyl sites for hydroxylation is 1. The third kappa shape index (κ3) is 6.25. The van der Waals surface area contributed by atoms with Gasteiger partial charge in [-0.05, 0) is 57.6 Å². The number of hydrogen-bond donors (Lipinski definition) is 1. The van der Waals surface area contributed by atoms with Crippen LogP contribution in [0, 0.1) is 25.2 Å². The predicted octanol–water partition coefficient (Wildman–Crippen LogP) is 4.77. The topological polar surface area (TPSA) is 179 Å². The fourth-order valence-corrected chi connectivity index (χ4v) is 9.86. The molecule has 2 aromatic rings. The van der Waals surface area contributed by atoms with Crippen LogP contribution in [0.25, 0.3) is 0 Å². The average molecular weight is 804 g/mol. The number of esters is 1. The molecule has 7 rings (SSSR count). The number of rotatable bonds is 13. The van der Waals surface area contributed by atoms with E-state index in [1.54, 1.807) is 20.8 Å². The monoisotopic (exact) mass is 803 g/mol. The fraction of sp³-hybridized carbons (Fsp3) is 0.571. The lowest BCUT2D eigenvalue weighted by molar-refractivity contribution is -0.159. The van der Waals surface area contributed by atoms with Gasteiger partial charge < -0.3 is 24.1 Å². The molecule has 5 heterocycles. The van der Waals surface area contributed by atoms with E-state index >= 15 is 0 Å². The maximum absolute atomic E-state index is 14.6. The highest BCUT2D eigenvalue weighted by Gasteiger charge is 2.71. The van der Waals surface area contributed by atoms with Gasteiger partial charge >= 0.3 is 5.97 Å². The summed E-state index contributed by atoms with van der Waals surface area (Å²) in [6, 6.07) is -0.375. The number of imide groups is 2. The number of methoxy groups -OCH3 is 1. The maximum Gasteiger partial charge on any atom is 0.311 e. The molecule has 58 heavy (non-hydrogen) atoms. The molecule has 5 aliphatic rings. The Morgan fingerprint density at radius 3 is 2.28 bits per heavy atom. The number of ether oxygens (including phenoxy) is 4. The third-order valence-electron chi connectivity index (χ3n) is 12.2. The highest BCUT2D eigenvalue weighted by atomic mass is 19.1. The number of phenols is 1. The largest absolute Gasteiger partial charge is 0.507 e. The van der Waals surface area contributed by atoms with Gasteiger partial charge in [0.05, 0.1) is 37.3 Å². The summed E-state index contributed by atoms with van der Waals surface area (Å²) in [7, 11) is 1.51. The number of benzene rings is 2. The van der Waals surface area contributed by atoms with E-state index in [2.05, 4.69) is 11.0 Å². The first-order valence-electron chi connectivity index (χ1n) is 20.1. The van der Waals surface area contributed by atoms with E-state index in [4.69, 9.17) is 18.9 Å².